The summed E-state index contributed by atoms with van der Waals surface area (Å²) in [6, 6.07) is 7.37. The van der Waals surface area contributed by atoms with Crippen LogP contribution >= 0.6 is 0 Å². The lowest BCUT2D eigenvalue weighted by molar-refractivity contribution is -0.224. The van der Waals surface area contributed by atoms with E-state index in [-0.39, 0.29) is 49.4 Å². The minimum absolute atomic E-state index is 0. The third-order valence-electron chi connectivity index (χ3n) is 10.5. The number of nitrogens with one attached hydrogen (secondary N) is 2. The van der Waals surface area contributed by atoms with Crippen molar-refractivity contribution >= 4 is 17.6 Å². The number of carbonyl (C=O) groups is 3. The van der Waals surface area contributed by atoms with Gasteiger partial charge in [0.25, 0.3) is 5.91 Å². The van der Waals surface area contributed by atoms with Gasteiger partial charge in [0.15, 0.2) is 5.78 Å². The Kier molecular flexibility index (Phi) is 10.1. The third kappa shape index (κ3) is 7.08. The molecule has 5 aliphatic rings. The molecule has 1 aromatic rings. The summed E-state index contributed by atoms with van der Waals surface area (Å²) in [5, 5.41) is 6.53. The van der Waals surface area contributed by atoms with Crippen LogP contribution in [0.25, 0.3) is 0 Å². The molecule has 6 rings (SSSR count). The van der Waals surface area contributed by atoms with E-state index >= 15 is 0 Å². The number of piperidine rings is 1. The fraction of sp³-hybridized carbons (Fsp3) is 0.735. The zero-order chi connectivity index (χ0) is 29.7. The second kappa shape index (κ2) is 13.6. The largest absolute Gasteiger partial charge is 0.376 e. The van der Waals surface area contributed by atoms with Crippen molar-refractivity contribution in [3.05, 3.63) is 35.4 Å². The van der Waals surface area contributed by atoms with Crippen LogP contribution in [0.2, 0.25) is 0 Å². The molecule has 42 heavy (non-hydrogen) atoms. The molecule has 3 saturated heterocycles. The molecule has 0 radical (unpaired) electrons. The highest BCUT2D eigenvalue weighted by Gasteiger charge is 2.50. The summed E-state index contributed by atoms with van der Waals surface area (Å²) in [7, 11) is 1.78. The number of ether oxygens (including phenoxy) is 2. The van der Waals surface area contributed by atoms with Gasteiger partial charge < -0.3 is 25.0 Å². The second-order valence-corrected chi connectivity index (χ2v) is 13.7. The van der Waals surface area contributed by atoms with E-state index in [9.17, 15) is 14.4 Å². The number of Topliss-reactive ketones (excluding diaryl/α,β-unsaturated/α-hetero) is 1. The van der Waals surface area contributed by atoms with Gasteiger partial charge >= 0.3 is 0 Å². The van der Waals surface area contributed by atoms with Crippen LogP contribution in [-0.4, -0.2) is 79.6 Å². The van der Waals surface area contributed by atoms with Gasteiger partial charge in [0.1, 0.15) is 0 Å². The SMILES string of the molecule is COC12CCC(CNCC(=O)N3CCCC(c4cccc(C(=O)N[C@@H](C(=O)C(C)C)C5CCCCC5)c4)C3)(CC1)OC2.[HH].[HH]. The molecule has 1 aromatic carbocycles. The first-order chi connectivity index (χ1) is 20.2. The number of ketones is 1. The molecular weight excluding hydrogens is 530 g/mol. The number of carbonyl (C=O) groups excluding carboxylic acids is 3. The Balaban J connectivity index is 0.00000264. The second-order valence-electron chi connectivity index (χ2n) is 13.7. The van der Waals surface area contributed by atoms with E-state index < -0.39 is 6.04 Å². The number of hydrogen-bond acceptors (Lipinski definition) is 6. The summed E-state index contributed by atoms with van der Waals surface area (Å²) in [5.41, 5.74) is 1.38. The summed E-state index contributed by atoms with van der Waals surface area (Å²) < 4.78 is 11.9. The maximum absolute atomic E-state index is 13.4. The monoisotopic (exact) mass is 585 g/mol. The minimum Gasteiger partial charge on any atom is -0.376 e. The summed E-state index contributed by atoms with van der Waals surface area (Å²) in [5.74, 6) is 0.352. The Morgan fingerprint density at radius 3 is 2.50 bits per heavy atom. The summed E-state index contributed by atoms with van der Waals surface area (Å²) in [6.45, 7) is 6.88. The number of hydrogen-bond donors (Lipinski definition) is 2. The molecule has 2 amide bonds. The Hall–Kier alpha value is -2.29. The van der Waals surface area contributed by atoms with E-state index in [0.717, 1.165) is 76.3 Å². The lowest BCUT2D eigenvalue weighted by Crippen LogP contribution is -2.59. The molecule has 2 saturated carbocycles. The molecule has 3 aliphatic heterocycles. The molecule has 0 spiro atoms. The van der Waals surface area contributed by atoms with Crippen molar-refractivity contribution in [2.45, 2.75) is 108 Å². The van der Waals surface area contributed by atoms with Crippen LogP contribution in [0.15, 0.2) is 24.3 Å². The fourth-order valence-electron chi connectivity index (χ4n) is 7.62. The van der Waals surface area contributed by atoms with E-state index in [2.05, 4.69) is 16.7 Å². The van der Waals surface area contributed by atoms with Gasteiger partial charge in [-0.15, -0.1) is 0 Å². The average Bonchev–Trinajstić information content (AvgIpc) is 3.04. The van der Waals surface area contributed by atoms with Gasteiger partial charge in [-0.3, -0.25) is 14.4 Å². The molecule has 8 nitrogen and oxygen atoms in total. The van der Waals surface area contributed by atoms with Crippen LogP contribution in [0.5, 0.6) is 0 Å². The lowest BCUT2D eigenvalue weighted by atomic mass is 9.73. The van der Waals surface area contributed by atoms with Gasteiger partial charge in [-0.25, -0.2) is 0 Å². The van der Waals surface area contributed by atoms with Crippen molar-refractivity contribution in [1.29, 1.82) is 0 Å². The van der Waals surface area contributed by atoms with Crippen LogP contribution < -0.4 is 10.6 Å². The van der Waals surface area contributed by atoms with Crippen molar-refractivity contribution in [3.63, 3.8) is 0 Å². The van der Waals surface area contributed by atoms with Crippen molar-refractivity contribution in [3.8, 4) is 0 Å². The first-order valence-electron chi connectivity index (χ1n) is 16.4. The van der Waals surface area contributed by atoms with E-state index in [1.807, 2.05) is 36.9 Å². The molecule has 5 fully saturated rings. The first kappa shape index (κ1) is 31.1. The Morgan fingerprint density at radius 1 is 1.07 bits per heavy atom. The Labute approximate surface area is 254 Å². The van der Waals surface area contributed by atoms with Crippen LogP contribution in [0, 0.1) is 11.8 Å². The van der Waals surface area contributed by atoms with Gasteiger partial charge in [0.2, 0.25) is 5.91 Å². The Morgan fingerprint density at radius 2 is 1.83 bits per heavy atom. The van der Waals surface area contributed by atoms with Gasteiger partial charge in [-0.2, -0.15) is 0 Å². The van der Waals surface area contributed by atoms with E-state index in [4.69, 9.17) is 9.47 Å². The minimum atomic E-state index is -0.425. The van der Waals surface area contributed by atoms with Crippen LogP contribution in [0.4, 0.5) is 0 Å². The zero-order valence-corrected chi connectivity index (χ0v) is 25.9. The lowest BCUT2D eigenvalue weighted by Gasteiger charge is -2.52. The molecule has 236 valence electrons. The maximum Gasteiger partial charge on any atom is 0.251 e. The molecular formula is C34H55N3O5. The third-order valence-corrected chi connectivity index (χ3v) is 10.5. The summed E-state index contributed by atoms with van der Waals surface area (Å²) in [6.07, 6.45) is 11.3. The number of methoxy groups -OCH3 is 1. The van der Waals surface area contributed by atoms with Crippen LogP contribution in [-0.2, 0) is 19.1 Å². The quantitative estimate of drug-likeness (QED) is 0.375. The fourth-order valence-corrected chi connectivity index (χ4v) is 7.62. The van der Waals surface area contributed by atoms with Crippen LogP contribution in [0.3, 0.4) is 0 Å². The predicted molar refractivity (Wildman–Crippen MR) is 167 cm³/mol. The van der Waals surface area contributed by atoms with Gasteiger partial charge in [0.05, 0.1) is 30.4 Å². The molecule has 1 unspecified atom stereocenters. The standard InChI is InChI=1S/C34H51N3O5.2H2/c1-24(2)31(39)30(25-9-5-4-6-10-25)36-32(40)27-12-7-11-26(19-27)28-13-8-18-37(21-28)29(38)20-35-22-33-14-16-34(41-3,17-15-33)23-42-33;;/h7,11-12,19,24-25,28,30,35H,4-6,8-10,13-18,20-23H2,1-3H3,(H,36,40);2*1H/t28?,30-,33?,34?;;/m1../s1. The van der Waals surface area contributed by atoms with Gasteiger partial charge in [-0.1, -0.05) is 45.2 Å². The molecule has 0 aromatic heterocycles. The number of likely N-dealkylation sites (tertiary alicyclic amines) is 1. The Bertz CT molecular complexity index is 1100. The van der Waals surface area contributed by atoms with Crippen molar-refractivity contribution in [2.24, 2.45) is 11.8 Å². The molecule has 2 bridgehead atoms. The van der Waals surface area contributed by atoms with Gasteiger partial charge in [-0.05, 0) is 75.0 Å². The normalized spacial score (nSPS) is 29.0. The maximum atomic E-state index is 13.4. The van der Waals surface area contributed by atoms with E-state index in [0.29, 0.717) is 31.8 Å². The van der Waals surface area contributed by atoms with Crippen molar-refractivity contribution in [1.82, 2.24) is 15.5 Å². The smallest absolute Gasteiger partial charge is 0.251 e. The molecule has 8 heteroatoms. The number of fused-ring (bicyclic) bond motifs is 3. The van der Waals surface area contributed by atoms with E-state index in [1.54, 1.807) is 7.11 Å². The first-order valence-corrected chi connectivity index (χ1v) is 16.4. The molecule has 2 atom stereocenters. The van der Waals surface area contributed by atoms with Crippen LogP contribution in [0.1, 0.15) is 109 Å². The highest BCUT2D eigenvalue weighted by Crippen LogP contribution is 2.45. The summed E-state index contributed by atoms with van der Waals surface area (Å²) in [4.78, 5) is 41.6. The average molecular weight is 586 g/mol. The number of benzene rings is 1. The summed E-state index contributed by atoms with van der Waals surface area (Å²) >= 11 is 0. The molecule has 2 N–H and O–H groups in total. The van der Waals surface area contributed by atoms with Crippen molar-refractivity contribution < 1.29 is 26.7 Å². The van der Waals surface area contributed by atoms with Crippen molar-refractivity contribution in [2.75, 3.05) is 39.9 Å². The van der Waals surface area contributed by atoms with Gasteiger partial charge in [0, 0.05) is 47.0 Å². The molecule has 2 aliphatic carbocycles. The highest BCUT2D eigenvalue weighted by atomic mass is 16.6. The topological polar surface area (TPSA) is 97.0 Å². The number of amides is 2. The van der Waals surface area contributed by atoms with E-state index in [1.165, 1.54) is 6.42 Å². The predicted octanol–water partition coefficient (Wildman–Crippen LogP) is 5.11. The highest BCUT2D eigenvalue weighted by molar-refractivity contribution is 5.98. The zero-order valence-electron chi connectivity index (χ0n) is 25.9. The molecule has 3 heterocycles. The number of nitrogens with zero attached hydrogens (tertiary/aromatic N) is 1. The number of rotatable bonds is 11.